The maximum absolute atomic E-state index is 3.96. The summed E-state index contributed by atoms with van der Waals surface area (Å²) in [5.74, 6) is 0. The number of nitrogens with one attached hydrogen (secondary N) is 2. The SMILES string of the molecule is CCCCCN(CCCCC)NC1(c2ccc(C)c(C)c2)CN(C)CCN1. The standard InChI is InChI=1S/C23H42N4/c1-6-8-10-15-27(16-11-9-7-2)25-23(19-26(5)17-14-24-23)22-13-12-20(3)21(4)18-22/h12-13,18,24-25H,6-11,14-17,19H2,1-5H3. The van der Waals surface area contributed by atoms with Crippen LogP contribution in [0, 0.1) is 13.8 Å². The van der Waals surface area contributed by atoms with Crippen molar-refractivity contribution in [1.82, 2.24) is 20.7 Å². The molecule has 0 bridgehead atoms. The van der Waals surface area contributed by atoms with Gasteiger partial charge in [-0.15, -0.1) is 0 Å². The minimum Gasteiger partial charge on any atom is -0.302 e. The van der Waals surface area contributed by atoms with E-state index in [1.165, 1.54) is 55.2 Å². The zero-order valence-corrected chi connectivity index (χ0v) is 18.4. The van der Waals surface area contributed by atoms with Crippen molar-refractivity contribution in [3.8, 4) is 0 Å². The molecule has 1 unspecified atom stereocenters. The van der Waals surface area contributed by atoms with Crippen LogP contribution in [0.5, 0.6) is 0 Å². The first-order valence-electron chi connectivity index (χ1n) is 11.0. The second-order valence-electron chi connectivity index (χ2n) is 8.38. The lowest BCUT2D eigenvalue weighted by molar-refractivity contribution is 0.0271. The van der Waals surface area contributed by atoms with Gasteiger partial charge in [0, 0.05) is 32.7 Å². The number of unbranched alkanes of at least 4 members (excludes halogenated alkanes) is 4. The zero-order valence-electron chi connectivity index (χ0n) is 18.4. The third kappa shape index (κ3) is 6.56. The molecular formula is C23H42N4. The lowest BCUT2D eigenvalue weighted by atomic mass is 9.94. The van der Waals surface area contributed by atoms with Crippen molar-refractivity contribution >= 4 is 0 Å². The van der Waals surface area contributed by atoms with Gasteiger partial charge in [0.1, 0.15) is 5.66 Å². The van der Waals surface area contributed by atoms with Crippen molar-refractivity contribution in [3.63, 3.8) is 0 Å². The molecule has 0 radical (unpaired) electrons. The first kappa shape index (κ1) is 22.4. The molecule has 1 heterocycles. The highest BCUT2D eigenvalue weighted by Crippen LogP contribution is 2.25. The Morgan fingerprint density at radius 2 is 1.70 bits per heavy atom. The Morgan fingerprint density at radius 1 is 1.04 bits per heavy atom. The number of hydrogen-bond donors (Lipinski definition) is 2. The predicted molar refractivity (Wildman–Crippen MR) is 117 cm³/mol. The average Bonchev–Trinajstić information content (AvgIpc) is 2.64. The maximum atomic E-state index is 3.96. The number of piperazine rings is 1. The molecule has 2 rings (SSSR count). The Kier molecular flexibility index (Phi) is 9.24. The van der Waals surface area contributed by atoms with E-state index in [1.54, 1.807) is 0 Å². The maximum Gasteiger partial charge on any atom is 0.121 e. The summed E-state index contributed by atoms with van der Waals surface area (Å²) in [6.07, 6.45) is 7.66. The minimum atomic E-state index is -0.204. The molecule has 0 amide bonds. The van der Waals surface area contributed by atoms with Gasteiger partial charge >= 0.3 is 0 Å². The highest BCUT2D eigenvalue weighted by Gasteiger charge is 2.37. The normalized spacial score (nSPS) is 21.1. The van der Waals surface area contributed by atoms with Crippen LogP contribution in [0.3, 0.4) is 0 Å². The summed E-state index contributed by atoms with van der Waals surface area (Å²) < 4.78 is 0. The van der Waals surface area contributed by atoms with Crippen LogP contribution in [-0.4, -0.2) is 49.7 Å². The van der Waals surface area contributed by atoms with Gasteiger partial charge in [-0.05, 0) is 50.4 Å². The average molecular weight is 375 g/mol. The van der Waals surface area contributed by atoms with Crippen LogP contribution in [0.2, 0.25) is 0 Å². The van der Waals surface area contributed by atoms with E-state index in [2.05, 4.69) is 73.6 Å². The highest BCUT2D eigenvalue weighted by atomic mass is 15.6. The molecule has 2 N–H and O–H groups in total. The molecule has 4 nitrogen and oxygen atoms in total. The molecular weight excluding hydrogens is 332 g/mol. The van der Waals surface area contributed by atoms with Crippen LogP contribution in [0.1, 0.15) is 69.1 Å². The second kappa shape index (κ2) is 11.2. The van der Waals surface area contributed by atoms with Crippen molar-refractivity contribution < 1.29 is 0 Å². The van der Waals surface area contributed by atoms with E-state index in [-0.39, 0.29) is 5.66 Å². The molecule has 154 valence electrons. The van der Waals surface area contributed by atoms with Crippen molar-refractivity contribution in [2.45, 2.75) is 71.9 Å². The first-order chi connectivity index (χ1) is 13.0. The van der Waals surface area contributed by atoms with Crippen LogP contribution in [0.4, 0.5) is 0 Å². The molecule has 0 spiro atoms. The molecule has 1 atom stereocenters. The third-order valence-electron chi connectivity index (χ3n) is 5.84. The van der Waals surface area contributed by atoms with Crippen LogP contribution in [-0.2, 0) is 5.66 Å². The summed E-state index contributed by atoms with van der Waals surface area (Å²) >= 11 is 0. The molecule has 27 heavy (non-hydrogen) atoms. The van der Waals surface area contributed by atoms with E-state index in [9.17, 15) is 0 Å². The van der Waals surface area contributed by atoms with E-state index in [0.29, 0.717) is 0 Å². The van der Waals surface area contributed by atoms with Crippen molar-refractivity contribution in [3.05, 3.63) is 34.9 Å². The van der Waals surface area contributed by atoms with Crippen molar-refractivity contribution in [2.24, 2.45) is 0 Å². The number of rotatable bonds is 11. The Labute approximate surface area is 167 Å². The van der Waals surface area contributed by atoms with E-state index in [0.717, 1.165) is 32.7 Å². The topological polar surface area (TPSA) is 30.5 Å². The fourth-order valence-corrected chi connectivity index (χ4v) is 3.94. The molecule has 0 aromatic heterocycles. The number of benzene rings is 1. The summed E-state index contributed by atoms with van der Waals surface area (Å²) in [5.41, 5.74) is 7.84. The highest BCUT2D eigenvalue weighted by molar-refractivity contribution is 5.34. The van der Waals surface area contributed by atoms with Gasteiger partial charge in [-0.2, -0.15) is 0 Å². The summed E-state index contributed by atoms with van der Waals surface area (Å²) in [6.45, 7) is 14.3. The minimum absolute atomic E-state index is 0.204. The van der Waals surface area contributed by atoms with Gasteiger partial charge in [0.15, 0.2) is 0 Å². The Morgan fingerprint density at radius 3 is 2.26 bits per heavy atom. The van der Waals surface area contributed by atoms with Gasteiger partial charge < -0.3 is 4.90 Å². The third-order valence-corrected chi connectivity index (χ3v) is 5.84. The Balaban J connectivity index is 2.22. The van der Waals surface area contributed by atoms with E-state index < -0.39 is 0 Å². The van der Waals surface area contributed by atoms with Crippen molar-refractivity contribution in [2.75, 3.05) is 39.8 Å². The van der Waals surface area contributed by atoms with Gasteiger partial charge in [-0.3, -0.25) is 5.32 Å². The second-order valence-corrected chi connectivity index (χ2v) is 8.38. The largest absolute Gasteiger partial charge is 0.302 e. The molecule has 1 aliphatic rings. The van der Waals surface area contributed by atoms with Gasteiger partial charge in [0.2, 0.25) is 0 Å². The van der Waals surface area contributed by atoms with Gasteiger partial charge in [0.05, 0.1) is 0 Å². The molecule has 4 heteroatoms. The number of hydrazine groups is 1. The first-order valence-corrected chi connectivity index (χ1v) is 11.0. The molecule has 0 aliphatic carbocycles. The molecule has 1 fully saturated rings. The Bertz CT molecular complexity index is 549. The van der Waals surface area contributed by atoms with Gasteiger partial charge in [-0.1, -0.05) is 57.7 Å². The monoisotopic (exact) mass is 374 g/mol. The molecule has 1 aliphatic heterocycles. The van der Waals surface area contributed by atoms with Crippen LogP contribution in [0.25, 0.3) is 0 Å². The number of aryl methyl sites for hydroxylation is 2. The van der Waals surface area contributed by atoms with Gasteiger partial charge in [0.25, 0.3) is 0 Å². The van der Waals surface area contributed by atoms with E-state index >= 15 is 0 Å². The molecule has 0 saturated carbocycles. The molecule has 1 aromatic rings. The smallest absolute Gasteiger partial charge is 0.121 e. The van der Waals surface area contributed by atoms with Crippen LogP contribution >= 0.6 is 0 Å². The van der Waals surface area contributed by atoms with Crippen molar-refractivity contribution in [1.29, 1.82) is 0 Å². The van der Waals surface area contributed by atoms with Gasteiger partial charge in [-0.25, -0.2) is 10.4 Å². The quantitative estimate of drug-likeness (QED) is 0.449. The van der Waals surface area contributed by atoms with Crippen LogP contribution in [0.15, 0.2) is 18.2 Å². The Hall–Kier alpha value is -0.940. The summed E-state index contributed by atoms with van der Waals surface area (Å²) in [4.78, 5) is 2.44. The lowest BCUT2D eigenvalue weighted by Gasteiger charge is -2.46. The number of hydrogen-bond acceptors (Lipinski definition) is 4. The number of nitrogens with zero attached hydrogens (tertiary/aromatic N) is 2. The lowest BCUT2D eigenvalue weighted by Crippen LogP contribution is -2.68. The number of likely N-dealkylation sites (N-methyl/N-ethyl adjacent to an activating group) is 1. The van der Waals surface area contributed by atoms with E-state index in [1.807, 2.05) is 0 Å². The fourth-order valence-electron chi connectivity index (χ4n) is 3.94. The summed E-state index contributed by atoms with van der Waals surface area (Å²) in [7, 11) is 2.23. The van der Waals surface area contributed by atoms with E-state index in [4.69, 9.17) is 0 Å². The summed E-state index contributed by atoms with van der Waals surface area (Å²) in [5, 5.41) is 6.34. The molecule has 1 aromatic carbocycles. The zero-order chi connectivity index (χ0) is 19.7. The van der Waals surface area contributed by atoms with Crippen LogP contribution < -0.4 is 10.7 Å². The fraction of sp³-hybridized carbons (Fsp3) is 0.739. The predicted octanol–water partition coefficient (Wildman–Crippen LogP) is 4.18. The molecule has 1 saturated heterocycles. The summed E-state index contributed by atoms with van der Waals surface area (Å²) in [6, 6.07) is 6.94.